The predicted molar refractivity (Wildman–Crippen MR) is 175 cm³/mol. The fourth-order valence-electron chi connectivity index (χ4n) is 7.74. The van der Waals surface area contributed by atoms with Crippen LogP contribution < -0.4 is 15.8 Å². The SMILES string of the molecule is Fc1ccccc1N1c2cccc3c2B(c2c1ccc1cc4ccccc4cc21)n1c2ccccc2c2cccc-3c21. The maximum absolute atomic E-state index is 15.7. The minimum absolute atomic E-state index is 0.0728. The molecule has 2 aliphatic rings. The summed E-state index contributed by atoms with van der Waals surface area (Å²) in [5.74, 6) is -0.233. The van der Waals surface area contributed by atoms with E-state index in [0.717, 1.165) is 11.4 Å². The molecule has 194 valence electrons. The van der Waals surface area contributed by atoms with Crippen LogP contribution in [0.2, 0.25) is 0 Å². The molecule has 3 heterocycles. The van der Waals surface area contributed by atoms with Crippen LogP contribution in [0.1, 0.15) is 0 Å². The highest BCUT2D eigenvalue weighted by Gasteiger charge is 2.43. The smallest absolute Gasteiger partial charge is 0.333 e. The Morgan fingerprint density at radius 2 is 1.17 bits per heavy atom. The summed E-state index contributed by atoms with van der Waals surface area (Å²) in [6, 6.07) is 46.6. The molecule has 0 fully saturated rings. The average molecular weight is 536 g/mol. The number of fused-ring (bicyclic) bond motifs is 10. The number of hydrogen-bond acceptors (Lipinski definition) is 1. The van der Waals surface area contributed by atoms with E-state index in [-0.39, 0.29) is 12.7 Å². The van der Waals surface area contributed by atoms with Gasteiger partial charge in [-0.05, 0) is 80.5 Å². The van der Waals surface area contributed by atoms with Crippen LogP contribution in [-0.2, 0) is 0 Å². The molecule has 0 unspecified atom stereocenters. The van der Waals surface area contributed by atoms with Gasteiger partial charge in [0.05, 0.1) is 5.69 Å². The molecule has 0 aliphatic carbocycles. The monoisotopic (exact) mass is 536 g/mol. The summed E-state index contributed by atoms with van der Waals surface area (Å²) < 4.78 is 18.3. The van der Waals surface area contributed by atoms with Gasteiger partial charge in [0.25, 0.3) is 0 Å². The zero-order chi connectivity index (χ0) is 27.5. The third kappa shape index (κ3) is 2.70. The predicted octanol–water partition coefficient (Wildman–Crippen LogP) is 8.66. The molecule has 4 heteroatoms. The Bertz CT molecular complexity index is 2460. The topological polar surface area (TPSA) is 8.17 Å². The molecule has 2 nitrogen and oxygen atoms in total. The first-order valence-electron chi connectivity index (χ1n) is 14.4. The van der Waals surface area contributed by atoms with Gasteiger partial charge in [0.1, 0.15) is 5.82 Å². The molecule has 10 rings (SSSR count). The fourth-order valence-corrected chi connectivity index (χ4v) is 7.74. The molecule has 0 amide bonds. The van der Waals surface area contributed by atoms with Crippen molar-refractivity contribution < 1.29 is 4.39 Å². The molecule has 0 saturated carbocycles. The van der Waals surface area contributed by atoms with Crippen LogP contribution in [0.25, 0.3) is 54.5 Å². The van der Waals surface area contributed by atoms with Crippen LogP contribution >= 0.6 is 0 Å². The van der Waals surface area contributed by atoms with Crippen LogP contribution in [0.3, 0.4) is 0 Å². The van der Waals surface area contributed by atoms with E-state index in [1.54, 1.807) is 12.1 Å². The summed E-state index contributed by atoms with van der Waals surface area (Å²) in [6.45, 7) is -0.0728. The first-order chi connectivity index (χ1) is 20.8. The van der Waals surface area contributed by atoms with Gasteiger partial charge in [-0.15, -0.1) is 0 Å². The fraction of sp³-hybridized carbons (Fsp3) is 0. The molecule has 2 aliphatic heterocycles. The van der Waals surface area contributed by atoms with E-state index in [1.165, 1.54) is 65.4 Å². The Hall–Kier alpha value is -5.35. The number of para-hydroxylation sites is 3. The summed E-state index contributed by atoms with van der Waals surface area (Å²) in [7, 11) is 0. The van der Waals surface area contributed by atoms with Crippen LogP contribution in [0.4, 0.5) is 21.5 Å². The number of aromatic nitrogens is 1. The van der Waals surface area contributed by atoms with E-state index < -0.39 is 0 Å². The van der Waals surface area contributed by atoms with Crippen LogP contribution in [-0.4, -0.2) is 11.3 Å². The van der Waals surface area contributed by atoms with E-state index >= 15 is 4.39 Å². The number of rotatable bonds is 1. The summed E-state index contributed by atoms with van der Waals surface area (Å²) >= 11 is 0. The molecule has 0 N–H and O–H groups in total. The number of halogens is 1. The quantitative estimate of drug-likeness (QED) is 0.151. The van der Waals surface area contributed by atoms with Gasteiger partial charge in [0.15, 0.2) is 0 Å². The lowest BCUT2D eigenvalue weighted by Crippen LogP contribution is -2.57. The zero-order valence-corrected chi connectivity index (χ0v) is 22.6. The Morgan fingerprint density at radius 1 is 0.476 bits per heavy atom. The maximum atomic E-state index is 15.7. The lowest BCUT2D eigenvalue weighted by Gasteiger charge is -2.41. The van der Waals surface area contributed by atoms with Crippen LogP contribution in [0.15, 0.2) is 133 Å². The van der Waals surface area contributed by atoms with Crippen molar-refractivity contribution in [3.63, 3.8) is 0 Å². The van der Waals surface area contributed by atoms with E-state index in [1.807, 2.05) is 12.1 Å². The number of anilines is 3. The van der Waals surface area contributed by atoms with E-state index in [4.69, 9.17) is 0 Å². The first-order valence-corrected chi connectivity index (χ1v) is 14.4. The molecule has 0 radical (unpaired) electrons. The molecular formula is C38H22BFN2. The van der Waals surface area contributed by atoms with Crippen molar-refractivity contribution in [3.8, 4) is 11.1 Å². The maximum Gasteiger partial charge on any atom is 0.333 e. The van der Waals surface area contributed by atoms with Gasteiger partial charge < -0.3 is 9.38 Å². The molecule has 0 spiro atoms. The van der Waals surface area contributed by atoms with Crippen molar-refractivity contribution in [2.24, 2.45) is 0 Å². The second-order valence-corrected chi connectivity index (χ2v) is 11.4. The average Bonchev–Trinajstić information content (AvgIpc) is 3.37. The Balaban J connectivity index is 1.45. The second kappa shape index (κ2) is 7.89. The van der Waals surface area contributed by atoms with Crippen molar-refractivity contribution in [3.05, 3.63) is 139 Å². The van der Waals surface area contributed by atoms with Gasteiger partial charge in [-0.2, -0.15) is 0 Å². The first kappa shape index (κ1) is 22.4. The molecule has 1 aromatic heterocycles. The van der Waals surface area contributed by atoms with E-state index in [9.17, 15) is 0 Å². The van der Waals surface area contributed by atoms with Gasteiger partial charge in [-0.1, -0.05) is 91.0 Å². The van der Waals surface area contributed by atoms with Crippen molar-refractivity contribution >= 4 is 78.2 Å². The number of hydrogen-bond donors (Lipinski definition) is 0. The van der Waals surface area contributed by atoms with Gasteiger partial charge >= 0.3 is 6.85 Å². The molecule has 0 saturated heterocycles. The lowest BCUT2D eigenvalue weighted by molar-refractivity contribution is 0.629. The number of benzene rings is 7. The molecule has 0 atom stereocenters. The largest absolute Gasteiger partial charge is 0.375 e. The Morgan fingerprint density at radius 3 is 2.07 bits per heavy atom. The molecule has 8 aromatic rings. The minimum Gasteiger partial charge on any atom is -0.375 e. The lowest BCUT2D eigenvalue weighted by atomic mass is 9.44. The summed E-state index contributed by atoms with van der Waals surface area (Å²) in [5.41, 5.74) is 9.94. The van der Waals surface area contributed by atoms with E-state index in [0.29, 0.717) is 5.69 Å². The highest BCUT2D eigenvalue weighted by atomic mass is 19.1. The molecular weight excluding hydrogens is 514 g/mol. The summed E-state index contributed by atoms with van der Waals surface area (Å²) in [5, 5.41) is 7.33. The third-order valence-electron chi connectivity index (χ3n) is 9.39. The highest BCUT2D eigenvalue weighted by Crippen LogP contribution is 2.46. The van der Waals surface area contributed by atoms with Gasteiger partial charge in [-0.25, -0.2) is 4.39 Å². The van der Waals surface area contributed by atoms with Crippen molar-refractivity contribution in [1.82, 2.24) is 4.48 Å². The standard InChI is InChI=1S/C38H22BFN2/c40-31-15-4-6-17-33(31)41-34-18-8-12-27-29-14-7-13-28-26-11-3-5-16-32(26)42(38(28)29)39(36(27)34)37-30-22-24-10-2-1-9-23(24)21-25(30)19-20-35(37)41/h1-22H. The van der Waals surface area contributed by atoms with E-state index in [2.05, 4.69) is 119 Å². The Kier molecular flexibility index (Phi) is 4.20. The van der Waals surface area contributed by atoms with Crippen molar-refractivity contribution in [2.45, 2.75) is 0 Å². The Labute approximate surface area is 242 Å². The van der Waals surface area contributed by atoms with Crippen molar-refractivity contribution in [1.29, 1.82) is 0 Å². The highest BCUT2D eigenvalue weighted by molar-refractivity contribution is 6.91. The van der Waals surface area contributed by atoms with Gasteiger partial charge in [-0.3, -0.25) is 0 Å². The third-order valence-corrected chi connectivity index (χ3v) is 9.39. The zero-order valence-electron chi connectivity index (χ0n) is 22.6. The van der Waals surface area contributed by atoms with Gasteiger partial charge in [0.2, 0.25) is 0 Å². The summed E-state index contributed by atoms with van der Waals surface area (Å²) in [4.78, 5) is 2.14. The normalized spacial score (nSPS) is 13.3. The summed E-state index contributed by atoms with van der Waals surface area (Å²) in [6.07, 6.45) is 0. The van der Waals surface area contributed by atoms with Crippen molar-refractivity contribution in [2.75, 3.05) is 4.90 Å². The molecule has 0 bridgehead atoms. The van der Waals surface area contributed by atoms with Crippen LogP contribution in [0.5, 0.6) is 0 Å². The number of nitrogens with zero attached hydrogens (tertiary/aromatic N) is 2. The van der Waals surface area contributed by atoms with Crippen LogP contribution in [0, 0.1) is 5.82 Å². The van der Waals surface area contributed by atoms with Gasteiger partial charge in [0, 0.05) is 38.7 Å². The minimum atomic E-state index is -0.233. The molecule has 7 aromatic carbocycles. The molecule has 42 heavy (non-hydrogen) atoms. The second-order valence-electron chi connectivity index (χ2n) is 11.4.